The fourth-order valence-electron chi connectivity index (χ4n) is 1.32. The Kier molecular flexibility index (Phi) is 2.95. The van der Waals surface area contributed by atoms with E-state index < -0.39 is 0 Å². The van der Waals surface area contributed by atoms with E-state index in [9.17, 15) is 4.79 Å². The summed E-state index contributed by atoms with van der Waals surface area (Å²) in [6, 6.07) is 0. The fourth-order valence-corrected chi connectivity index (χ4v) is 1.32. The van der Waals surface area contributed by atoms with Crippen molar-refractivity contribution in [2.75, 3.05) is 6.54 Å². The van der Waals surface area contributed by atoms with Crippen LogP contribution in [0.25, 0.3) is 0 Å². The van der Waals surface area contributed by atoms with Crippen molar-refractivity contribution in [1.82, 2.24) is 30.7 Å². The third-order valence-electron chi connectivity index (χ3n) is 2.19. The van der Waals surface area contributed by atoms with Gasteiger partial charge >= 0.3 is 0 Å². The van der Waals surface area contributed by atoms with Crippen LogP contribution in [0.15, 0.2) is 12.5 Å². The van der Waals surface area contributed by atoms with Gasteiger partial charge in [0.05, 0.1) is 11.8 Å². The number of carbonyl (C=O) groups excluding carboxylic acids is 1. The maximum Gasteiger partial charge on any atom is 0.254 e. The SMILES string of the molecule is Cc1[nH]ncc1C(=O)NCCc1ncn[nH]1. The van der Waals surface area contributed by atoms with E-state index in [-0.39, 0.29) is 5.91 Å². The molecule has 7 heteroatoms. The van der Waals surface area contributed by atoms with Crippen molar-refractivity contribution >= 4 is 5.91 Å². The summed E-state index contributed by atoms with van der Waals surface area (Å²) < 4.78 is 0. The van der Waals surface area contributed by atoms with Gasteiger partial charge in [0, 0.05) is 18.7 Å². The zero-order valence-electron chi connectivity index (χ0n) is 8.82. The van der Waals surface area contributed by atoms with E-state index in [0.717, 1.165) is 11.5 Å². The molecule has 2 aromatic heterocycles. The Labute approximate surface area is 91.7 Å². The highest BCUT2D eigenvalue weighted by molar-refractivity contribution is 5.94. The maximum absolute atomic E-state index is 11.6. The zero-order valence-corrected chi connectivity index (χ0v) is 8.82. The molecule has 0 radical (unpaired) electrons. The van der Waals surface area contributed by atoms with Crippen LogP contribution in [0.1, 0.15) is 21.9 Å². The summed E-state index contributed by atoms with van der Waals surface area (Å²) in [5, 5.41) is 15.7. The molecule has 0 aromatic carbocycles. The molecule has 0 aliphatic heterocycles. The Bertz CT molecular complexity index is 460. The van der Waals surface area contributed by atoms with Gasteiger partial charge in [-0.2, -0.15) is 10.2 Å². The summed E-state index contributed by atoms with van der Waals surface area (Å²) in [5.41, 5.74) is 1.33. The normalized spacial score (nSPS) is 10.3. The summed E-state index contributed by atoms with van der Waals surface area (Å²) in [7, 11) is 0. The first-order chi connectivity index (χ1) is 7.77. The summed E-state index contributed by atoms with van der Waals surface area (Å²) in [6.07, 6.45) is 3.58. The van der Waals surface area contributed by atoms with E-state index >= 15 is 0 Å². The number of amides is 1. The first-order valence-electron chi connectivity index (χ1n) is 4.90. The van der Waals surface area contributed by atoms with Crippen molar-refractivity contribution in [1.29, 1.82) is 0 Å². The molecule has 2 rings (SSSR count). The summed E-state index contributed by atoms with van der Waals surface area (Å²) in [4.78, 5) is 15.6. The minimum atomic E-state index is -0.134. The molecule has 3 N–H and O–H groups in total. The fraction of sp³-hybridized carbons (Fsp3) is 0.333. The highest BCUT2D eigenvalue weighted by Gasteiger charge is 2.09. The lowest BCUT2D eigenvalue weighted by Crippen LogP contribution is -2.26. The predicted molar refractivity (Wildman–Crippen MR) is 55.7 cm³/mol. The van der Waals surface area contributed by atoms with Crippen LogP contribution < -0.4 is 5.32 Å². The molecule has 2 aromatic rings. The number of carbonyl (C=O) groups is 1. The summed E-state index contributed by atoms with van der Waals surface area (Å²) in [6.45, 7) is 2.32. The quantitative estimate of drug-likeness (QED) is 0.664. The second kappa shape index (κ2) is 4.56. The van der Waals surface area contributed by atoms with Crippen molar-refractivity contribution in [2.45, 2.75) is 13.3 Å². The molecule has 0 unspecified atom stereocenters. The molecular weight excluding hydrogens is 208 g/mol. The van der Waals surface area contributed by atoms with Gasteiger partial charge in [-0.15, -0.1) is 0 Å². The predicted octanol–water partition coefficient (Wildman–Crippen LogP) is -0.191. The number of nitrogens with zero attached hydrogens (tertiary/aromatic N) is 3. The molecule has 1 amide bonds. The molecular formula is C9H12N6O. The number of nitrogens with one attached hydrogen (secondary N) is 3. The standard InChI is InChI=1S/C9H12N6O/c1-6-7(4-12-14-6)9(16)10-3-2-8-11-5-13-15-8/h4-5H,2-3H2,1H3,(H,10,16)(H,12,14)(H,11,13,15). The molecule has 0 saturated heterocycles. The lowest BCUT2D eigenvalue weighted by atomic mass is 10.2. The van der Waals surface area contributed by atoms with Gasteiger partial charge in [-0.3, -0.25) is 15.0 Å². The highest BCUT2D eigenvalue weighted by Crippen LogP contribution is 2.01. The summed E-state index contributed by atoms with van der Waals surface area (Å²) in [5.74, 6) is 0.620. The lowest BCUT2D eigenvalue weighted by molar-refractivity contribution is 0.0953. The van der Waals surface area contributed by atoms with Crippen LogP contribution in [0.2, 0.25) is 0 Å². The van der Waals surface area contributed by atoms with Crippen LogP contribution in [0.5, 0.6) is 0 Å². The first kappa shape index (κ1) is 10.3. The van der Waals surface area contributed by atoms with Crippen LogP contribution >= 0.6 is 0 Å². The average Bonchev–Trinajstić information content (AvgIpc) is 2.88. The number of aryl methyl sites for hydroxylation is 1. The minimum Gasteiger partial charge on any atom is -0.351 e. The first-order valence-corrected chi connectivity index (χ1v) is 4.90. The number of aromatic amines is 2. The molecule has 2 heterocycles. The molecule has 0 saturated carbocycles. The van der Waals surface area contributed by atoms with E-state index in [0.29, 0.717) is 18.5 Å². The number of hydrogen-bond donors (Lipinski definition) is 3. The van der Waals surface area contributed by atoms with E-state index in [2.05, 4.69) is 30.7 Å². The van der Waals surface area contributed by atoms with Gasteiger partial charge in [-0.05, 0) is 6.92 Å². The topological polar surface area (TPSA) is 99.3 Å². The highest BCUT2D eigenvalue weighted by atomic mass is 16.1. The van der Waals surface area contributed by atoms with Crippen molar-refractivity contribution in [3.63, 3.8) is 0 Å². The van der Waals surface area contributed by atoms with Gasteiger partial charge in [0.25, 0.3) is 5.91 Å². The second-order valence-electron chi connectivity index (χ2n) is 3.35. The Balaban J connectivity index is 1.83. The number of aromatic nitrogens is 5. The van der Waals surface area contributed by atoms with Gasteiger partial charge in [-0.1, -0.05) is 0 Å². The zero-order chi connectivity index (χ0) is 11.4. The van der Waals surface area contributed by atoms with Gasteiger partial charge in [0.15, 0.2) is 0 Å². The maximum atomic E-state index is 11.6. The lowest BCUT2D eigenvalue weighted by Gasteiger charge is -2.02. The summed E-state index contributed by atoms with van der Waals surface area (Å²) >= 11 is 0. The Morgan fingerprint density at radius 1 is 1.44 bits per heavy atom. The average molecular weight is 220 g/mol. The van der Waals surface area contributed by atoms with Crippen LogP contribution in [0.3, 0.4) is 0 Å². The molecule has 16 heavy (non-hydrogen) atoms. The third kappa shape index (κ3) is 2.25. The van der Waals surface area contributed by atoms with Crippen molar-refractivity contribution in [2.24, 2.45) is 0 Å². The van der Waals surface area contributed by atoms with E-state index in [1.54, 1.807) is 6.92 Å². The van der Waals surface area contributed by atoms with Gasteiger partial charge in [0.1, 0.15) is 12.2 Å². The van der Waals surface area contributed by atoms with E-state index in [4.69, 9.17) is 0 Å². The minimum absolute atomic E-state index is 0.134. The van der Waals surface area contributed by atoms with Crippen LogP contribution in [-0.2, 0) is 6.42 Å². The number of hydrogen-bond acceptors (Lipinski definition) is 4. The number of H-pyrrole nitrogens is 2. The van der Waals surface area contributed by atoms with Crippen molar-refractivity contribution in [3.8, 4) is 0 Å². The van der Waals surface area contributed by atoms with Gasteiger partial charge in [-0.25, -0.2) is 4.98 Å². The monoisotopic (exact) mass is 220 g/mol. The third-order valence-corrected chi connectivity index (χ3v) is 2.19. The molecule has 0 spiro atoms. The van der Waals surface area contributed by atoms with Gasteiger partial charge in [0.2, 0.25) is 0 Å². The molecule has 0 aliphatic rings. The Hall–Kier alpha value is -2.18. The van der Waals surface area contributed by atoms with Crippen molar-refractivity contribution in [3.05, 3.63) is 29.6 Å². The van der Waals surface area contributed by atoms with Crippen LogP contribution in [0.4, 0.5) is 0 Å². The van der Waals surface area contributed by atoms with Crippen molar-refractivity contribution < 1.29 is 4.79 Å². The molecule has 7 nitrogen and oxygen atoms in total. The van der Waals surface area contributed by atoms with Gasteiger partial charge < -0.3 is 5.32 Å². The number of rotatable bonds is 4. The van der Waals surface area contributed by atoms with Crippen LogP contribution in [0, 0.1) is 6.92 Å². The molecule has 0 fully saturated rings. The van der Waals surface area contributed by atoms with E-state index in [1.807, 2.05) is 0 Å². The van der Waals surface area contributed by atoms with Crippen LogP contribution in [-0.4, -0.2) is 37.8 Å². The molecule has 0 bridgehead atoms. The molecule has 84 valence electrons. The molecule has 0 aliphatic carbocycles. The van der Waals surface area contributed by atoms with E-state index in [1.165, 1.54) is 12.5 Å². The second-order valence-corrected chi connectivity index (χ2v) is 3.35. The largest absolute Gasteiger partial charge is 0.351 e. The Morgan fingerprint density at radius 3 is 2.94 bits per heavy atom. The molecule has 0 atom stereocenters. The smallest absolute Gasteiger partial charge is 0.254 e. The Morgan fingerprint density at radius 2 is 2.31 bits per heavy atom.